The van der Waals surface area contributed by atoms with Crippen LogP contribution in [0.4, 0.5) is 0 Å². The van der Waals surface area contributed by atoms with Gasteiger partial charge in [-0.3, -0.25) is 9.78 Å². The Morgan fingerprint density at radius 3 is 2.67 bits per heavy atom. The molecule has 3 rings (SSSR count). The lowest BCUT2D eigenvalue weighted by Gasteiger charge is -2.11. The molecule has 1 saturated heterocycles. The predicted octanol–water partition coefficient (Wildman–Crippen LogP) is 1.58. The highest BCUT2D eigenvalue weighted by atomic mass is 32.2. The van der Waals surface area contributed by atoms with Gasteiger partial charge in [0.15, 0.2) is 9.84 Å². The summed E-state index contributed by atoms with van der Waals surface area (Å²) < 4.78 is 28.5. The molecule has 1 N–H and O–H groups in total. The molecule has 2 heterocycles. The zero-order valence-electron chi connectivity index (χ0n) is 13.0. The third-order valence-electron chi connectivity index (χ3n) is 3.81. The first-order chi connectivity index (χ1) is 11.5. The van der Waals surface area contributed by atoms with E-state index in [-0.39, 0.29) is 23.5 Å². The second kappa shape index (κ2) is 7.00. The largest absolute Gasteiger partial charge is 0.489 e. The van der Waals surface area contributed by atoms with Gasteiger partial charge in [0.05, 0.1) is 11.5 Å². The van der Waals surface area contributed by atoms with Crippen molar-refractivity contribution in [3.05, 3.63) is 59.9 Å². The molecule has 2 aromatic rings. The quantitative estimate of drug-likeness (QED) is 0.888. The normalized spacial score (nSPS) is 18.9. The van der Waals surface area contributed by atoms with E-state index in [1.54, 1.807) is 36.7 Å². The van der Waals surface area contributed by atoms with Gasteiger partial charge in [-0.1, -0.05) is 6.07 Å². The fourth-order valence-electron chi connectivity index (χ4n) is 2.53. The molecule has 0 aliphatic carbocycles. The first-order valence-corrected chi connectivity index (χ1v) is 9.47. The number of aromatic nitrogens is 1. The van der Waals surface area contributed by atoms with Crippen LogP contribution in [-0.2, 0) is 16.4 Å². The van der Waals surface area contributed by atoms with E-state index in [0.717, 1.165) is 5.56 Å². The minimum atomic E-state index is -3.00. The Balaban J connectivity index is 1.55. The van der Waals surface area contributed by atoms with Crippen molar-refractivity contribution >= 4 is 15.7 Å². The lowest BCUT2D eigenvalue weighted by molar-refractivity contribution is 0.0941. The molecule has 0 spiro atoms. The van der Waals surface area contributed by atoms with Crippen molar-refractivity contribution in [2.45, 2.75) is 19.1 Å². The van der Waals surface area contributed by atoms with Crippen molar-refractivity contribution in [3.8, 4) is 5.75 Å². The van der Waals surface area contributed by atoms with Gasteiger partial charge in [-0.05, 0) is 36.8 Å². The molecule has 0 bridgehead atoms. The highest BCUT2D eigenvalue weighted by molar-refractivity contribution is 7.91. The van der Waals surface area contributed by atoms with Gasteiger partial charge in [0.2, 0.25) is 0 Å². The number of hydrogen-bond acceptors (Lipinski definition) is 5. The van der Waals surface area contributed by atoms with E-state index in [9.17, 15) is 13.2 Å². The Bertz CT molecular complexity index is 804. The molecule has 1 aliphatic rings. The maximum Gasteiger partial charge on any atom is 0.251 e. The van der Waals surface area contributed by atoms with Crippen LogP contribution in [0, 0.1) is 0 Å². The maximum absolute atomic E-state index is 12.1. The minimum absolute atomic E-state index is 0.0189. The van der Waals surface area contributed by atoms with Crippen molar-refractivity contribution < 1.29 is 17.9 Å². The molecule has 1 unspecified atom stereocenters. The molecule has 1 fully saturated rings. The molecule has 1 atom stereocenters. The van der Waals surface area contributed by atoms with Crippen molar-refractivity contribution in [3.63, 3.8) is 0 Å². The first kappa shape index (κ1) is 16.4. The molecule has 0 saturated carbocycles. The van der Waals surface area contributed by atoms with Crippen LogP contribution >= 0.6 is 0 Å². The molecule has 0 radical (unpaired) electrons. The van der Waals surface area contributed by atoms with Crippen LogP contribution in [0.3, 0.4) is 0 Å². The van der Waals surface area contributed by atoms with E-state index in [1.165, 1.54) is 0 Å². The molecule has 6 nitrogen and oxygen atoms in total. The second-order valence-corrected chi connectivity index (χ2v) is 7.98. The third-order valence-corrected chi connectivity index (χ3v) is 5.58. The summed E-state index contributed by atoms with van der Waals surface area (Å²) in [5.74, 6) is 0.541. The van der Waals surface area contributed by atoms with Gasteiger partial charge < -0.3 is 10.1 Å². The Morgan fingerprint density at radius 2 is 2.04 bits per heavy atom. The summed E-state index contributed by atoms with van der Waals surface area (Å²) in [6, 6.07) is 10.2. The van der Waals surface area contributed by atoms with E-state index in [0.29, 0.717) is 24.3 Å². The second-order valence-electron chi connectivity index (χ2n) is 5.75. The Morgan fingerprint density at radius 1 is 1.25 bits per heavy atom. The van der Waals surface area contributed by atoms with E-state index >= 15 is 0 Å². The number of sulfone groups is 1. The molecule has 1 aromatic carbocycles. The molecule has 7 heteroatoms. The van der Waals surface area contributed by atoms with Gasteiger partial charge in [-0.15, -0.1) is 0 Å². The maximum atomic E-state index is 12.1. The van der Waals surface area contributed by atoms with E-state index < -0.39 is 9.84 Å². The monoisotopic (exact) mass is 346 g/mol. The SMILES string of the molecule is O=C(NC1CCS(=O)(=O)C1)c1ccc(OCc2cccnc2)cc1. The number of amides is 1. The summed E-state index contributed by atoms with van der Waals surface area (Å²) in [5, 5.41) is 2.76. The zero-order chi connectivity index (χ0) is 17.0. The number of rotatable bonds is 5. The van der Waals surface area contributed by atoms with Gasteiger partial charge in [0, 0.05) is 29.6 Å². The highest BCUT2D eigenvalue weighted by Crippen LogP contribution is 2.16. The molecular formula is C17H18N2O4S. The van der Waals surface area contributed by atoms with Crippen LogP contribution in [0.15, 0.2) is 48.8 Å². The number of nitrogens with one attached hydrogen (secondary N) is 1. The minimum Gasteiger partial charge on any atom is -0.489 e. The Kier molecular flexibility index (Phi) is 4.80. The summed E-state index contributed by atoms with van der Waals surface area (Å²) in [5.41, 5.74) is 1.44. The summed E-state index contributed by atoms with van der Waals surface area (Å²) in [6.07, 6.45) is 3.91. The third kappa shape index (κ3) is 4.32. The lowest BCUT2D eigenvalue weighted by Crippen LogP contribution is -2.35. The average Bonchev–Trinajstić information content (AvgIpc) is 2.93. The number of pyridine rings is 1. The Labute approximate surface area is 140 Å². The average molecular weight is 346 g/mol. The standard InChI is InChI=1S/C17H18N2O4S/c20-17(19-15-7-9-24(21,22)12-15)14-3-5-16(6-4-14)23-11-13-2-1-8-18-10-13/h1-6,8,10,15H,7,9,11-12H2,(H,19,20). The first-order valence-electron chi connectivity index (χ1n) is 7.65. The van der Waals surface area contributed by atoms with Crippen molar-refractivity contribution in [1.82, 2.24) is 10.3 Å². The van der Waals surface area contributed by atoms with Crippen molar-refractivity contribution in [2.75, 3.05) is 11.5 Å². The fourth-order valence-corrected chi connectivity index (χ4v) is 4.20. The summed E-state index contributed by atoms with van der Waals surface area (Å²) in [4.78, 5) is 16.2. The summed E-state index contributed by atoms with van der Waals surface area (Å²) >= 11 is 0. The number of benzene rings is 1. The number of nitrogens with zero attached hydrogens (tertiary/aromatic N) is 1. The molecule has 126 valence electrons. The van der Waals surface area contributed by atoms with Crippen molar-refractivity contribution in [1.29, 1.82) is 0 Å². The van der Waals surface area contributed by atoms with E-state index in [1.807, 2.05) is 12.1 Å². The molecule has 1 aromatic heterocycles. The molecular weight excluding hydrogens is 328 g/mol. The predicted molar refractivity (Wildman–Crippen MR) is 89.5 cm³/mol. The van der Waals surface area contributed by atoms with Crippen molar-refractivity contribution in [2.24, 2.45) is 0 Å². The van der Waals surface area contributed by atoms with Crippen LogP contribution in [0.2, 0.25) is 0 Å². The topological polar surface area (TPSA) is 85.4 Å². The highest BCUT2D eigenvalue weighted by Gasteiger charge is 2.29. The van der Waals surface area contributed by atoms with E-state index in [4.69, 9.17) is 4.74 Å². The van der Waals surface area contributed by atoms with Crippen LogP contribution < -0.4 is 10.1 Å². The van der Waals surface area contributed by atoms with Crippen LogP contribution in [0.1, 0.15) is 22.3 Å². The van der Waals surface area contributed by atoms with Gasteiger partial charge in [0.25, 0.3) is 5.91 Å². The number of hydrogen-bond donors (Lipinski definition) is 1. The summed E-state index contributed by atoms with van der Waals surface area (Å²) in [6.45, 7) is 0.402. The number of carbonyl (C=O) groups excluding carboxylic acids is 1. The van der Waals surface area contributed by atoms with Crippen LogP contribution in [0.25, 0.3) is 0 Å². The summed E-state index contributed by atoms with van der Waals surface area (Å²) in [7, 11) is -3.00. The Hall–Kier alpha value is -2.41. The lowest BCUT2D eigenvalue weighted by atomic mass is 10.2. The number of ether oxygens (including phenoxy) is 1. The van der Waals surface area contributed by atoms with Gasteiger partial charge in [-0.25, -0.2) is 8.42 Å². The molecule has 24 heavy (non-hydrogen) atoms. The fraction of sp³-hybridized carbons (Fsp3) is 0.294. The van der Waals surface area contributed by atoms with Gasteiger partial charge in [0.1, 0.15) is 12.4 Å². The van der Waals surface area contributed by atoms with Crippen LogP contribution in [-0.4, -0.2) is 36.9 Å². The smallest absolute Gasteiger partial charge is 0.251 e. The zero-order valence-corrected chi connectivity index (χ0v) is 13.8. The molecule has 1 amide bonds. The molecule has 1 aliphatic heterocycles. The van der Waals surface area contributed by atoms with Crippen LogP contribution in [0.5, 0.6) is 5.75 Å². The van der Waals surface area contributed by atoms with Gasteiger partial charge in [-0.2, -0.15) is 0 Å². The number of carbonyl (C=O) groups is 1. The van der Waals surface area contributed by atoms with E-state index in [2.05, 4.69) is 10.3 Å². The van der Waals surface area contributed by atoms with Gasteiger partial charge >= 0.3 is 0 Å².